The smallest absolute Gasteiger partial charge is 0.256 e. The number of aromatic nitrogens is 2. The average Bonchev–Trinajstić information content (AvgIpc) is 2.90. The SMILES string of the molecule is CCCC1CCC(c2ccc(OCCCCCCc3cccc(=O)n3-c3ccccn3)cc2)CC1. The predicted molar refractivity (Wildman–Crippen MR) is 144 cm³/mol. The molecule has 1 saturated carbocycles. The largest absolute Gasteiger partial charge is 0.494 e. The standard InChI is InChI=1S/C31H40N2O2/c1-2-10-25-15-17-26(18-16-25)27-19-21-29(22-20-27)35-24-8-4-3-5-11-28-12-9-14-31(34)33(28)30-13-6-7-23-32-30/h6-7,9,12-14,19-23,25-26H,2-5,8,10-11,15-18,24H2,1H3. The van der Waals surface area contributed by atoms with E-state index in [2.05, 4.69) is 36.2 Å². The highest BCUT2D eigenvalue weighted by molar-refractivity contribution is 5.30. The van der Waals surface area contributed by atoms with Gasteiger partial charge in [-0.2, -0.15) is 0 Å². The Morgan fingerprint density at radius 2 is 1.69 bits per heavy atom. The van der Waals surface area contributed by atoms with Crippen molar-refractivity contribution in [3.63, 3.8) is 0 Å². The maximum Gasteiger partial charge on any atom is 0.256 e. The van der Waals surface area contributed by atoms with E-state index in [1.807, 2.05) is 30.3 Å². The third-order valence-electron chi connectivity index (χ3n) is 7.40. The zero-order valence-corrected chi connectivity index (χ0v) is 21.2. The Hall–Kier alpha value is -2.88. The van der Waals surface area contributed by atoms with Gasteiger partial charge in [0.1, 0.15) is 11.6 Å². The minimum atomic E-state index is -0.0233. The molecule has 2 heterocycles. The van der Waals surface area contributed by atoms with E-state index in [1.54, 1.807) is 16.8 Å². The Balaban J connectivity index is 1.14. The van der Waals surface area contributed by atoms with Crippen LogP contribution in [-0.2, 0) is 6.42 Å². The number of ether oxygens (including phenoxy) is 1. The maximum absolute atomic E-state index is 12.4. The van der Waals surface area contributed by atoms with Crippen molar-refractivity contribution in [1.82, 2.24) is 9.55 Å². The molecule has 0 N–H and O–H groups in total. The quantitative estimate of drug-likeness (QED) is 0.257. The Morgan fingerprint density at radius 1 is 0.886 bits per heavy atom. The number of unbranched alkanes of at least 4 members (excludes halogenated alkanes) is 3. The maximum atomic E-state index is 12.4. The summed E-state index contributed by atoms with van der Waals surface area (Å²) in [6.07, 6.45) is 15.1. The van der Waals surface area contributed by atoms with Crippen molar-refractivity contribution in [3.05, 3.63) is 88.5 Å². The summed E-state index contributed by atoms with van der Waals surface area (Å²) in [5.41, 5.74) is 2.48. The van der Waals surface area contributed by atoms with Crippen molar-refractivity contribution in [2.24, 2.45) is 5.92 Å². The lowest BCUT2D eigenvalue weighted by atomic mass is 9.77. The van der Waals surface area contributed by atoms with E-state index in [-0.39, 0.29) is 5.56 Å². The normalized spacial score (nSPS) is 17.9. The predicted octanol–water partition coefficient (Wildman–Crippen LogP) is 7.49. The Morgan fingerprint density at radius 3 is 2.43 bits per heavy atom. The molecule has 0 radical (unpaired) electrons. The number of nitrogens with zero attached hydrogens (tertiary/aromatic N) is 2. The second kappa shape index (κ2) is 13.3. The highest BCUT2D eigenvalue weighted by Gasteiger charge is 2.21. The van der Waals surface area contributed by atoms with Crippen molar-refractivity contribution in [2.45, 2.75) is 83.5 Å². The van der Waals surface area contributed by atoms with Crippen LogP contribution in [0.5, 0.6) is 5.75 Å². The Kier molecular flexibility index (Phi) is 9.56. The van der Waals surface area contributed by atoms with E-state index in [1.165, 1.54) is 44.1 Å². The molecule has 4 rings (SSSR count). The van der Waals surface area contributed by atoms with Crippen LogP contribution in [0.3, 0.4) is 0 Å². The molecule has 0 amide bonds. The lowest BCUT2D eigenvalue weighted by Gasteiger charge is -2.28. The first kappa shape index (κ1) is 25.2. The van der Waals surface area contributed by atoms with E-state index in [4.69, 9.17) is 4.74 Å². The van der Waals surface area contributed by atoms with Gasteiger partial charge in [0.05, 0.1) is 6.61 Å². The number of hydrogen-bond donors (Lipinski definition) is 0. The molecule has 1 aliphatic carbocycles. The summed E-state index contributed by atoms with van der Waals surface area (Å²) in [5, 5.41) is 0. The van der Waals surface area contributed by atoms with Crippen LogP contribution in [0.2, 0.25) is 0 Å². The molecule has 0 aliphatic heterocycles. The molecule has 1 fully saturated rings. The summed E-state index contributed by atoms with van der Waals surface area (Å²) in [5.74, 6) is 3.36. The van der Waals surface area contributed by atoms with Gasteiger partial charge in [-0.15, -0.1) is 0 Å². The summed E-state index contributed by atoms with van der Waals surface area (Å²) >= 11 is 0. The first-order chi connectivity index (χ1) is 17.2. The summed E-state index contributed by atoms with van der Waals surface area (Å²) < 4.78 is 7.73. The van der Waals surface area contributed by atoms with Crippen LogP contribution in [0.25, 0.3) is 5.82 Å². The zero-order chi connectivity index (χ0) is 24.3. The third-order valence-corrected chi connectivity index (χ3v) is 7.40. The average molecular weight is 473 g/mol. The minimum Gasteiger partial charge on any atom is -0.494 e. The molecule has 0 bridgehead atoms. The number of aryl methyl sites for hydroxylation is 1. The first-order valence-corrected chi connectivity index (χ1v) is 13.6. The van der Waals surface area contributed by atoms with Crippen LogP contribution in [-0.4, -0.2) is 16.2 Å². The topological polar surface area (TPSA) is 44.1 Å². The molecule has 0 unspecified atom stereocenters. The van der Waals surface area contributed by atoms with Crippen molar-refractivity contribution in [2.75, 3.05) is 6.61 Å². The molecule has 1 aromatic carbocycles. The van der Waals surface area contributed by atoms with Crippen LogP contribution < -0.4 is 10.3 Å². The summed E-state index contributed by atoms with van der Waals surface area (Å²) in [6.45, 7) is 3.06. The minimum absolute atomic E-state index is 0.0233. The highest BCUT2D eigenvalue weighted by atomic mass is 16.5. The van der Waals surface area contributed by atoms with Gasteiger partial charge in [-0.05, 0) is 92.7 Å². The Bertz CT molecular complexity index is 1070. The zero-order valence-electron chi connectivity index (χ0n) is 21.2. The van der Waals surface area contributed by atoms with Gasteiger partial charge in [-0.1, -0.05) is 56.9 Å². The fraction of sp³-hybridized carbons (Fsp3) is 0.484. The molecule has 35 heavy (non-hydrogen) atoms. The van der Waals surface area contributed by atoms with Gasteiger partial charge < -0.3 is 4.74 Å². The second-order valence-electron chi connectivity index (χ2n) is 9.97. The molecule has 3 aromatic rings. The number of benzene rings is 1. The van der Waals surface area contributed by atoms with E-state index in [0.717, 1.165) is 62.0 Å². The van der Waals surface area contributed by atoms with E-state index in [0.29, 0.717) is 5.82 Å². The van der Waals surface area contributed by atoms with Crippen LogP contribution in [0, 0.1) is 5.92 Å². The van der Waals surface area contributed by atoms with Gasteiger partial charge in [-0.25, -0.2) is 4.98 Å². The van der Waals surface area contributed by atoms with Crippen molar-refractivity contribution >= 4 is 0 Å². The fourth-order valence-electron chi connectivity index (χ4n) is 5.45. The first-order valence-electron chi connectivity index (χ1n) is 13.6. The van der Waals surface area contributed by atoms with Gasteiger partial charge in [0, 0.05) is 18.0 Å². The summed E-state index contributed by atoms with van der Waals surface area (Å²) in [6, 6.07) is 20.0. The molecule has 4 heteroatoms. The number of rotatable bonds is 12. The number of hydrogen-bond acceptors (Lipinski definition) is 3. The highest BCUT2D eigenvalue weighted by Crippen LogP contribution is 2.37. The van der Waals surface area contributed by atoms with Crippen LogP contribution in [0.15, 0.2) is 71.7 Å². The van der Waals surface area contributed by atoms with Gasteiger partial charge >= 0.3 is 0 Å². The Labute approximate surface area is 210 Å². The van der Waals surface area contributed by atoms with E-state index in [9.17, 15) is 4.79 Å². The van der Waals surface area contributed by atoms with Gasteiger partial charge in [-0.3, -0.25) is 9.36 Å². The van der Waals surface area contributed by atoms with E-state index >= 15 is 0 Å². The van der Waals surface area contributed by atoms with Crippen molar-refractivity contribution in [3.8, 4) is 11.6 Å². The fourth-order valence-corrected chi connectivity index (χ4v) is 5.45. The number of pyridine rings is 2. The van der Waals surface area contributed by atoms with Crippen molar-refractivity contribution in [1.29, 1.82) is 0 Å². The van der Waals surface area contributed by atoms with Crippen molar-refractivity contribution < 1.29 is 4.74 Å². The molecule has 0 saturated heterocycles. The molecule has 0 atom stereocenters. The lowest BCUT2D eigenvalue weighted by Crippen LogP contribution is -2.21. The molecule has 2 aromatic heterocycles. The van der Waals surface area contributed by atoms with Gasteiger partial charge in [0.25, 0.3) is 5.56 Å². The lowest BCUT2D eigenvalue weighted by molar-refractivity contribution is 0.302. The molecular formula is C31H40N2O2. The molecule has 186 valence electrons. The van der Waals surface area contributed by atoms with E-state index < -0.39 is 0 Å². The monoisotopic (exact) mass is 472 g/mol. The molecule has 1 aliphatic rings. The summed E-state index contributed by atoms with van der Waals surface area (Å²) in [4.78, 5) is 16.8. The van der Waals surface area contributed by atoms with Crippen LogP contribution in [0.4, 0.5) is 0 Å². The molecule has 4 nitrogen and oxygen atoms in total. The second-order valence-corrected chi connectivity index (χ2v) is 9.97. The molecule has 0 spiro atoms. The van der Waals surface area contributed by atoms with Gasteiger partial charge in [0.15, 0.2) is 0 Å². The van der Waals surface area contributed by atoms with Gasteiger partial charge in [0.2, 0.25) is 0 Å². The summed E-state index contributed by atoms with van der Waals surface area (Å²) in [7, 11) is 0. The van der Waals surface area contributed by atoms with Crippen LogP contribution >= 0.6 is 0 Å². The third kappa shape index (κ3) is 7.30. The van der Waals surface area contributed by atoms with Crippen LogP contribution in [0.1, 0.15) is 88.3 Å². The molecular weight excluding hydrogens is 432 g/mol.